The number of anilines is 1. The zero-order chi connectivity index (χ0) is 15.0. The average molecular weight is 289 g/mol. The Kier molecular flexibility index (Phi) is 3.01. The summed E-state index contributed by atoms with van der Waals surface area (Å²) in [4.78, 5) is 27.1. The molecule has 0 aromatic carbocycles. The van der Waals surface area contributed by atoms with Crippen LogP contribution in [0.25, 0.3) is 0 Å². The smallest absolute Gasteiger partial charge is 0.354 e. The van der Waals surface area contributed by atoms with Crippen molar-refractivity contribution in [2.75, 3.05) is 11.4 Å². The first-order chi connectivity index (χ1) is 10.1. The molecule has 0 saturated carbocycles. The number of carbonyl (C=O) groups is 1. The van der Waals surface area contributed by atoms with Crippen LogP contribution in [0.4, 0.5) is 11.5 Å². The molecule has 0 saturated heterocycles. The molecule has 0 spiro atoms. The summed E-state index contributed by atoms with van der Waals surface area (Å²) in [5.41, 5.74) is 1.44. The molecule has 0 atom stereocenters. The van der Waals surface area contributed by atoms with Gasteiger partial charge in [-0.3, -0.25) is 15.2 Å². The van der Waals surface area contributed by atoms with Gasteiger partial charge in [0.05, 0.1) is 17.2 Å². The van der Waals surface area contributed by atoms with Gasteiger partial charge in [-0.2, -0.15) is 5.10 Å². The number of H-pyrrole nitrogens is 1. The minimum atomic E-state index is -1.02. The Morgan fingerprint density at radius 1 is 1.48 bits per heavy atom. The molecule has 3 heterocycles. The number of pyridine rings is 1. The highest BCUT2D eigenvalue weighted by Gasteiger charge is 2.25. The van der Waals surface area contributed by atoms with Crippen LogP contribution in [0.15, 0.2) is 18.3 Å². The molecule has 0 fully saturated rings. The maximum atomic E-state index is 11.0. The van der Waals surface area contributed by atoms with E-state index in [2.05, 4.69) is 15.2 Å². The van der Waals surface area contributed by atoms with Crippen molar-refractivity contribution in [3.05, 3.63) is 45.4 Å². The fraction of sp³-hybridized carbons (Fsp3) is 0.250. The Labute approximate surface area is 118 Å². The fourth-order valence-electron chi connectivity index (χ4n) is 2.36. The van der Waals surface area contributed by atoms with Gasteiger partial charge in [-0.1, -0.05) is 0 Å². The molecule has 2 aromatic heterocycles. The summed E-state index contributed by atoms with van der Waals surface area (Å²) >= 11 is 0. The van der Waals surface area contributed by atoms with Crippen molar-refractivity contribution in [2.24, 2.45) is 0 Å². The molecule has 1 aliphatic rings. The molecule has 0 aliphatic carbocycles. The number of fused-ring (bicyclic) bond motifs is 1. The molecule has 1 aliphatic heterocycles. The highest BCUT2D eigenvalue weighted by Crippen LogP contribution is 2.24. The van der Waals surface area contributed by atoms with Crippen LogP contribution in [0.3, 0.4) is 0 Å². The summed E-state index contributed by atoms with van der Waals surface area (Å²) in [6.07, 6.45) is 1.74. The highest BCUT2D eigenvalue weighted by atomic mass is 16.6. The molecule has 0 bridgehead atoms. The van der Waals surface area contributed by atoms with Crippen LogP contribution in [-0.2, 0) is 13.0 Å². The van der Waals surface area contributed by atoms with Crippen LogP contribution in [0.5, 0.6) is 0 Å². The van der Waals surface area contributed by atoms with Crippen molar-refractivity contribution in [3.8, 4) is 0 Å². The number of hydrogen-bond donors (Lipinski definition) is 2. The number of aromatic carboxylic acids is 1. The quantitative estimate of drug-likeness (QED) is 0.637. The molecule has 9 nitrogen and oxygen atoms in total. The van der Waals surface area contributed by atoms with Gasteiger partial charge in [0, 0.05) is 18.2 Å². The van der Waals surface area contributed by atoms with Gasteiger partial charge in [-0.15, -0.1) is 0 Å². The fourth-order valence-corrected chi connectivity index (χ4v) is 2.36. The predicted molar refractivity (Wildman–Crippen MR) is 71.2 cm³/mol. The monoisotopic (exact) mass is 289 g/mol. The minimum absolute atomic E-state index is 0.0654. The first-order valence-corrected chi connectivity index (χ1v) is 6.21. The van der Waals surface area contributed by atoms with Gasteiger partial charge >= 0.3 is 5.97 Å². The summed E-state index contributed by atoms with van der Waals surface area (Å²) in [5, 5.41) is 26.2. The van der Waals surface area contributed by atoms with Gasteiger partial charge in [0.15, 0.2) is 0 Å². The molecule has 3 rings (SSSR count). The molecular formula is C12H11N5O4. The number of nitro groups is 1. The summed E-state index contributed by atoms with van der Waals surface area (Å²) in [5.74, 6) is -0.420. The van der Waals surface area contributed by atoms with Gasteiger partial charge in [0.25, 0.3) is 5.69 Å². The van der Waals surface area contributed by atoms with Gasteiger partial charge in [0.1, 0.15) is 17.7 Å². The first-order valence-electron chi connectivity index (χ1n) is 6.21. The lowest BCUT2D eigenvalue weighted by atomic mass is 10.0. The summed E-state index contributed by atoms with van der Waals surface area (Å²) in [6, 6.07) is 2.97. The van der Waals surface area contributed by atoms with Gasteiger partial charge in [-0.05, 0) is 12.5 Å². The largest absolute Gasteiger partial charge is 0.477 e. The lowest BCUT2D eigenvalue weighted by Crippen LogP contribution is -2.31. The molecule has 0 unspecified atom stereocenters. The molecule has 9 heteroatoms. The molecule has 2 aromatic rings. The van der Waals surface area contributed by atoms with E-state index >= 15 is 0 Å². The Hall–Kier alpha value is -2.97. The average Bonchev–Trinajstić information content (AvgIpc) is 2.90. The van der Waals surface area contributed by atoms with E-state index in [1.54, 1.807) is 6.07 Å². The van der Waals surface area contributed by atoms with Crippen molar-refractivity contribution in [3.63, 3.8) is 0 Å². The summed E-state index contributed by atoms with van der Waals surface area (Å²) < 4.78 is 0. The first kappa shape index (κ1) is 13.0. The normalized spacial score (nSPS) is 13.8. The molecule has 21 heavy (non-hydrogen) atoms. The Balaban J connectivity index is 1.83. The van der Waals surface area contributed by atoms with E-state index in [1.807, 2.05) is 4.90 Å². The number of aromatic amines is 1. The lowest BCUT2D eigenvalue weighted by molar-refractivity contribution is -0.385. The SMILES string of the molecule is O=C(O)c1[nH]nc2c1CCN(c1ccc([N+](=O)[O-])cn1)C2. The number of nitrogens with zero attached hydrogens (tertiary/aromatic N) is 4. The standard InChI is InChI=1S/C12H11N5O4/c18-12(19)11-8-3-4-16(6-9(8)14-15-11)10-2-1-7(5-13-10)17(20)21/h1-2,5H,3-4,6H2,(H,14,15)(H,18,19). The molecule has 2 N–H and O–H groups in total. The third-order valence-corrected chi connectivity index (χ3v) is 3.41. The zero-order valence-electron chi connectivity index (χ0n) is 10.8. The number of hydrogen-bond acceptors (Lipinski definition) is 6. The van der Waals surface area contributed by atoms with Gasteiger partial charge in [0.2, 0.25) is 0 Å². The van der Waals surface area contributed by atoms with Crippen LogP contribution < -0.4 is 4.90 Å². The van der Waals surface area contributed by atoms with E-state index in [9.17, 15) is 14.9 Å². The van der Waals surface area contributed by atoms with Crippen molar-refractivity contribution in [2.45, 2.75) is 13.0 Å². The van der Waals surface area contributed by atoms with E-state index in [0.717, 1.165) is 0 Å². The number of carboxylic acid groups (broad SMARTS) is 1. The maximum absolute atomic E-state index is 11.0. The number of carboxylic acids is 1. The predicted octanol–water partition coefficient (Wildman–Crippen LogP) is 0.974. The Morgan fingerprint density at radius 2 is 2.29 bits per heavy atom. The van der Waals surface area contributed by atoms with E-state index in [-0.39, 0.29) is 11.4 Å². The van der Waals surface area contributed by atoms with E-state index in [0.29, 0.717) is 36.6 Å². The van der Waals surface area contributed by atoms with E-state index in [1.165, 1.54) is 12.3 Å². The van der Waals surface area contributed by atoms with Gasteiger partial charge < -0.3 is 10.0 Å². The maximum Gasteiger partial charge on any atom is 0.354 e. The third kappa shape index (κ3) is 2.29. The second-order valence-corrected chi connectivity index (χ2v) is 4.63. The van der Waals surface area contributed by atoms with E-state index < -0.39 is 10.9 Å². The van der Waals surface area contributed by atoms with Crippen LogP contribution in [-0.4, -0.2) is 37.7 Å². The molecule has 108 valence electrons. The zero-order valence-corrected chi connectivity index (χ0v) is 10.8. The topological polar surface area (TPSA) is 125 Å². The van der Waals surface area contributed by atoms with Crippen molar-refractivity contribution in [1.82, 2.24) is 15.2 Å². The summed E-state index contributed by atoms with van der Waals surface area (Å²) in [6.45, 7) is 1.00. The van der Waals surface area contributed by atoms with Crippen LogP contribution >= 0.6 is 0 Å². The number of aromatic nitrogens is 3. The molecular weight excluding hydrogens is 278 g/mol. The van der Waals surface area contributed by atoms with E-state index in [4.69, 9.17) is 5.11 Å². The lowest BCUT2D eigenvalue weighted by Gasteiger charge is -2.27. The highest BCUT2D eigenvalue weighted by molar-refractivity contribution is 5.87. The second-order valence-electron chi connectivity index (χ2n) is 4.63. The Morgan fingerprint density at radius 3 is 2.90 bits per heavy atom. The second kappa shape index (κ2) is 4.85. The third-order valence-electron chi connectivity index (χ3n) is 3.41. The number of nitrogens with one attached hydrogen (secondary N) is 1. The summed E-state index contributed by atoms with van der Waals surface area (Å²) in [7, 11) is 0. The molecule has 0 amide bonds. The van der Waals surface area contributed by atoms with Crippen LogP contribution in [0, 0.1) is 10.1 Å². The molecule has 0 radical (unpaired) electrons. The van der Waals surface area contributed by atoms with Gasteiger partial charge in [-0.25, -0.2) is 9.78 Å². The Bertz CT molecular complexity index is 709. The van der Waals surface area contributed by atoms with Crippen molar-refractivity contribution < 1.29 is 14.8 Å². The van der Waals surface area contributed by atoms with Crippen molar-refractivity contribution >= 4 is 17.5 Å². The number of rotatable bonds is 3. The van der Waals surface area contributed by atoms with Crippen LogP contribution in [0.2, 0.25) is 0 Å². The van der Waals surface area contributed by atoms with Crippen molar-refractivity contribution in [1.29, 1.82) is 0 Å². The minimum Gasteiger partial charge on any atom is -0.477 e. The van der Waals surface area contributed by atoms with Crippen LogP contribution in [0.1, 0.15) is 21.7 Å².